The molecule has 4 aromatic heterocycles. The predicted octanol–water partition coefficient (Wildman–Crippen LogP) is 1.16. The molecule has 5 heterocycles. The second-order valence-corrected chi connectivity index (χ2v) is 8.11. The van der Waals surface area contributed by atoms with Crippen LogP contribution in [0.25, 0.3) is 28.3 Å². The van der Waals surface area contributed by atoms with Gasteiger partial charge in [0.15, 0.2) is 22.8 Å². The number of nitrogen functional groups attached to an aromatic ring is 1. The largest absolute Gasteiger partial charge is 0.461 e. The first kappa shape index (κ1) is 18.7. The van der Waals surface area contributed by atoms with Crippen molar-refractivity contribution in [3.05, 3.63) is 24.6 Å². The van der Waals surface area contributed by atoms with Crippen LogP contribution in [0, 0.1) is 0 Å². The fourth-order valence-electron chi connectivity index (χ4n) is 3.58. The molecule has 0 saturated carbocycles. The number of Topliss-reactive ketones (excluding diaryl/α,β-unsaturated/α-hetero) is 1. The number of aromatic nitrogens is 6. The summed E-state index contributed by atoms with van der Waals surface area (Å²) in [5.74, 6) is 0.923. The highest BCUT2D eigenvalue weighted by Crippen LogP contribution is 2.30. The van der Waals surface area contributed by atoms with Crippen molar-refractivity contribution in [3.63, 3.8) is 0 Å². The van der Waals surface area contributed by atoms with E-state index in [1.54, 1.807) is 36.9 Å². The van der Waals surface area contributed by atoms with E-state index in [-0.39, 0.29) is 31.4 Å². The normalized spacial score (nSPS) is 16.2. The van der Waals surface area contributed by atoms with Crippen molar-refractivity contribution in [3.8, 4) is 11.6 Å². The van der Waals surface area contributed by atoms with E-state index in [0.717, 1.165) is 0 Å². The molecule has 0 spiro atoms. The van der Waals surface area contributed by atoms with Crippen LogP contribution in [0.2, 0.25) is 0 Å². The Kier molecular flexibility index (Phi) is 3.95. The minimum atomic E-state index is -0.996. The van der Waals surface area contributed by atoms with Gasteiger partial charge in [-0.2, -0.15) is 14.6 Å². The molecular formula is C19H21N7O4. The standard InChI is InChI=1S/C19H21N7O4/c1-18(2,13(27)5-6-19(28)9-29-10-19)26-16-11(8-21-26)15-22-14(12-4-3-7-30-12)24-25(15)17(20)23-16/h3-4,7-8,28H,5-6,9-10H2,1-2H3,(H2,20,23). The Labute approximate surface area is 170 Å². The first-order valence-corrected chi connectivity index (χ1v) is 9.56. The van der Waals surface area contributed by atoms with Gasteiger partial charge in [-0.1, -0.05) is 0 Å². The van der Waals surface area contributed by atoms with Gasteiger partial charge in [-0.15, -0.1) is 5.10 Å². The summed E-state index contributed by atoms with van der Waals surface area (Å²) in [4.78, 5) is 21.9. The first-order chi connectivity index (χ1) is 14.3. The Morgan fingerprint density at radius 3 is 2.80 bits per heavy atom. The minimum absolute atomic E-state index is 0.0780. The van der Waals surface area contributed by atoms with Crippen molar-refractivity contribution in [2.75, 3.05) is 18.9 Å². The lowest BCUT2D eigenvalue weighted by molar-refractivity contribution is -0.183. The zero-order chi connectivity index (χ0) is 21.1. The van der Waals surface area contributed by atoms with Gasteiger partial charge < -0.3 is 20.0 Å². The van der Waals surface area contributed by atoms with Gasteiger partial charge in [-0.3, -0.25) is 4.79 Å². The molecule has 4 aromatic rings. The molecule has 1 aliphatic heterocycles. The molecule has 0 amide bonds. The number of hydrogen-bond donors (Lipinski definition) is 2. The van der Waals surface area contributed by atoms with Gasteiger partial charge in [-0.05, 0) is 32.4 Å². The molecule has 3 N–H and O–H groups in total. The summed E-state index contributed by atoms with van der Waals surface area (Å²) in [5, 5.41) is 19.6. The van der Waals surface area contributed by atoms with E-state index in [1.807, 2.05) is 0 Å². The molecule has 0 bridgehead atoms. The molecule has 0 aliphatic carbocycles. The molecule has 1 saturated heterocycles. The zero-order valence-electron chi connectivity index (χ0n) is 16.6. The lowest BCUT2D eigenvalue weighted by atomic mass is 9.89. The van der Waals surface area contributed by atoms with Crippen LogP contribution in [0.4, 0.5) is 5.95 Å². The molecule has 0 atom stereocenters. The first-order valence-electron chi connectivity index (χ1n) is 9.56. The molecule has 1 aliphatic rings. The fourth-order valence-corrected chi connectivity index (χ4v) is 3.58. The molecule has 0 aromatic carbocycles. The number of fused-ring (bicyclic) bond motifs is 3. The van der Waals surface area contributed by atoms with E-state index in [9.17, 15) is 9.90 Å². The number of aliphatic hydroxyl groups is 1. The molecule has 5 rings (SSSR count). The number of furan rings is 1. The van der Waals surface area contributed by atoms with E-state index >= 15 is 0 Å². The third-order valence-corrected chi connectivity index (χ3v) is 5.54. The van der Waals surface area contributed by atoms with Crippen molar-refractivity contribution in [2.45, 2.75) is 37.8 Å². The number of carbonyl (C=O) groups is 1. The van der Waals surface area contributed by atoms with Gasteiger partial charge in [0.1, 0.15) is 11.1 Å². The van der Waals surface area contributed by atoms with E-state index < -0.39 is 11.1 Å². The fraction of sp³-hybridized carbons (Fsp3) is 0.421. The van der Waals surface area contributed by atoms with Crippen molar-refractivity contribution >= 4 is 28.4 Å². The number of ether oxygens (including phenoxy) is 1. The van der Waals surface area contributed by atoms with Crippen LogP contribution < -0.4 is 5.73 Å². The van der Waals surface area contributed by atoms with E-state index in [2.05, 4.69) is 20.2 Å². The molecule has 1 fully saturated rings. The molecule has 30 heavy (non-hydrogen) atoms. The van der Waals surface area contributed by atoms with Crippen LogP contribution in [0.3, 0.4) is 0 Å². The molecule has 11 nitrogen and oxygen atoms in total. The molecule has 11 heteroatoms. The van der Waals surface area contributed by atoms with Crippen LogP contribution in [0.15, 0.2) is 29.0 Å². The van der Waals surface area contributed by atoms with Crippen LogP contribution >= 0.6 is 0 Å². The van der Waals surface area contributed by atoms with E-state index in [0.29, 0.717) is 34.7 Å². The SMILES string of the molecule is CC(C)(C(=O)CCC1(O)COC1)n1ncc2c1nc(N)n1nc(-c3ccco3)nc21. The van der Waals surface area contributed by atoms with Gasteiger partial charge in [0, 0.05) is 6.42 Å². The number of rotatable bonds is 6. The average molecular weight is 411 g/mol. The van der Waals surface area contributed by atoms with Crippen LogP contribution in [0.1, 0.15) is 26.7 Å². The number of anilines is 1. The highest BCUT2D eigenvalue weighted by Gasteiger charge is 2.39. The Balaban J connectivity index is 1.54. The van der Waals surface area contributed by atoms with Gasteiger partial charge in [0.25, 0.3) is 0 Å². The number of nitrogens with zero attached hydrogens (tertiary/aromatic N) is 6. The highest BCUT2D eigenvalue weighted by molar-refractivity contribution is 5.93. The summed E-state index contributed by atoms with van der Waals surface area (Å²) in [5.41, 5.74) is 5.11. The quantitative estimate of drug-likeness (QED) is 0.477. The average Bonchev–Trinajstić information content (AvgIpc) is 3.42. The maximum absolute atomic E-state index is 13.0. The van der Waals surface area contributed by atoms with Crippen molar-refractivity contribution in [1.82, 2.24) is 29.4 Å². The third-order valence-electron chi connectivity index (χ3n) is 5.54. The van der Waals surface area contributed by atoms with Crippen LogP contribution in [-0.2, 0) is 15.1 Å². The Hall–Kier alpha value is -3.31. The summed E-state index contributed by atoms with van der Waals surface area (Å²) in [6.45, 7) is 4.05. The van der Waals surface area contributed by atoms with Gasteiger partial charge >= 0.3 is 0 Å². The monoisotopic (exact) mass is 411 g/mol. The lowest BCUT2D eigenvalue weighted by Crippen LogP contribution is -2.50. The van der Waals surface area contributed by atoms with Crippen molar-refractivity contribution < 1.29 is 19.1 Å². The van der Waals surface area contributed by atoms with Crippen molar-refractivity contribution in [1.29, 1.82) is 0 Å². The Morgan fingerprint density at radius 1 is 1.33 bits per heavy atom. The molecule has 156 valence electrons. The van der Waals surface area contributed by atoms with E-state index in [1.165, 1.54) is 10.8 Å². The number of nitrogens with two attached hydrogens (primary N) is 1. The summed E-state index contributed by atoms with van der Waals surface area (Å²) in [7, 11) is 0. The maximum atomic E-state index is 13.0. The van der Waals surface area contributed by atoms with Crippen molar-refractivity contribution in [2.24, 2.45) is 0 Å². The van der Waals surface area contributed by atoms with Gasteiger partial charge in [-0.25, -0.2) is 9.67 Å². The maximum Gasteiger partial charge on any atom is 0.225 e. The summed E-state index contributed by atoms with van der Waals surface area (Å²) >= 11 is 0. The second kappa shape index (κ2) is 6.34. The smallest absolute Gasteiger partial charge is 0.225 e. The lowest BCUT2D eigenvalue weighted by Gasteiger charge is -2.37. The summed E-state index contributed by atoms with van der Waals surface area (Å²) in [6.07, 6.45) is 3.67. The van der Waals surface area contributed by atoms with Crippen LogP contribution in [-0.4, -0.2) is 59.1 Å². The van der Waals surface area contributed by atoms with Gasteiger partial charge in [0.05, 0.1) is 31.1 Å². The third kappa shape index (κ3) is 2.77. The number of carbonyl (C=O) groups excluding carboxylic acids is 1. The molecule has 0 unspecified atom stereocenters. The zero-order valence-corrected chi connectivity index (χ0v) is 16.6. The number of hydrogen-bond acceptors (Lipinski definition) is 9. The highest BCUT2D eigenvalue weighted by atomic mass is 16.5. The topological polar surface area (TPSA) is 147 Å². The number of ketones is 1. The Bertz CT molecular complexity index is 1250. The van der Waals surface area contributed by atoms with Gasteiger partial charge in [0.2, 0.25) is 11.8 Å². The van der Waals surface area contributed by atoms with E-state index in [4.69, 9.17) is 14.9 Å². The molecule has 0 radical (unpaired) electrons. The minimum Gasteiger partial charge on any atom is -0.461 e. The molecular weight excluding hydrogens is 390 g/mol. The summed E-state index contributed by atoms with van der Waals surface area (Å²) in [6, 6.07) is 3.50. The summed E-state index contributed by atoms with van der Waals surface area (Å²) < 4.78 is 13.4. The van der Waals surface area contributed by atoms with Crippen LogP contribution in [0.5, 0.6) is 0 Å². The second-order valence-electron chi connectivity index (χ2n) is 8.11. The Morgan fingerprint density at radius 2 is 2.13 bits per heavy atom. The predicted molar refractivity (Wildman–Crippen MR) is 106 cm³/mol.